The van der Waals surface area contributed by atoms with Gasteiger partial charge in [0.25, 0.3) is 0 Å². The third-order valence-electron chi connectivity index (χ3n) is 3.33. The lowest BCUT2D eigenvalue weighted by Gasteiger charge is -2.21. The number of aromatic nitrogens is 2. The maximum atomic E-state index is 10.1. The van der Waals surface area contributed by atoms with E-state index in [-0.39, 0.29) is 0 Å². The van der Waals surface area contributed by atoms with Crippen LogP contribution in [0.25, 0.3) is 0 Å². The molecule has 1 aliphatic heterocycles. The molecule has 2 rings (SSSR count). The fourth-order valence-electron chi connectivity index (χ4n) is 2.32. The van der Waals surface area contributed by atoms with Gasteiger partial charge < -0.3 is 20.1 Å². The number of anilines is 2. The van der Waals surface area contributed by atoms with Gasteiger partial charge in [-0.2, -0.15) is 0 Å². The third-order valence-corrected chi connectivity index (χ3v) is 3.33. The van der Waals surface area contributed by atoms with E-state index in [4.69, 9.17) is 4.74 Å². The average molecular weight is 280 g/mol. The number of β-amino-alcohol motifs (C(OH)–C–C–N with tert-alkyl or cyclic N) is 1. The highest BCUT2D eigenvalue weighted by Crippen LogP contribution is 2.26. The van der Waals surface area contributed by atoms with Crippen molar-refractivity contribution in [2.75, 3.05) is 36.5 Å². The SMILES string of the molecule is CCNc1cc(N2CCC(C)(O)C2)nc(COCC)n1. The van der Waals surface area contributed by atoms with Crippen LogP contribution in [0.3, 0.4) is 0 Å². The molecule has 6 heteroatoms. The van der Waals surface area contributed by atoms with Crippen LogP contribution in [-0.2, 0) is 11.3 Å². The zero-order chi connectivity index (χ0) is 14.6. The van der Waals surface area contributed by atoms with Gasteiger partial charge in [-0.05, 0) is 27.2 Å². The molecule has 0 spiro atoms. The summed E-state index contributed by atoms with van der Waals surface area (Å²) in [5.74, 6) is 2.33. The minimum Gasteiger partial charge on any atom is -0.388 e. The number of nitrogens with zero attached hydrogens (tertiary/aromatic N) is 3. The van der Waals surface area contributed by atoms with Crippen molar-refractivity contribution in [1.82, 2.24) is 9.97 Å². The highest BCUT2D eigenvalue weighted by molar-refractivity contribution is 5.50. The van der Waals surface area contributed by atoms with Gasteiger partial charge in [0, 0.05) is 32.3 Å². The molecule has 112 valence electrons. The van der Waals surface area contributed by atoms with Crippen LogP contribution >= 0.6 is 0 Å². The summed E-state index contributed by atoms with van der Waals surface area (Å²) in [5, 5.41) is 13.3. The zero-order valence-corrected chi connectivity index (χ0v) is 12.5. The van der Waals surface area contributed by atoms with E-state index < -0.39 is 5.60 Å². The molecule has 1 atom stereocenters. The normalized spacial score (nSPS) is 22.3. The summed E-state index contributed by atoms with van der Waals surface area (Å²) in [5.41, 5.74) is -0.636. The van der Waals surface area contributed by atoms with E-state index in [0.29, 0.717) is 25.6 Å². The predicted molar refractivity (Wildman–Crippen MR) is 79.0 cm³/mol. The first-order chi connectivity index (χ1) is 9.54. The van der Waals surface area contributed by atoms with E-state index >= 15 is 0 Å². The van der Waals surface area contributed by atoms with Crippen LogP contribution < -0.4 is 10.2 Å². The van der Waals surface area contributed by atoms with Crippen molar-refractivity contribution in [1.29, 1.82) is 0 Å². The molecule has 0 amide bonds. The molecule has 1 saturated heterocycles. The molecule has 0 radical (unpaired) electrons. The van der Waals surface area contributed by atoms with E-state index in [1.54, 1.807) is 0 Å². The van der Waals surface area contributed by atoms with E-state index in [0.717, 1.165) is 31.1 Å². The van der Waals surface area contributed by atoms with Gasteiger partial charge in [0.1, 0.15) is 18.2 Å². The quantitative estimate of drug-likeness (QED) is 0.821. The first kappa shape index (κ1) is 15.0. The highest BCUT2D eigenvalue weighted by Gasteiger charge is 2.32. The molecule has 1 unspecified atom stereocenters. The molecule has 6 nitrogen and oxygen atoms in total. The number of rotatable bonds is 6. The molecule has 2 heterocycles. The highest BCUT2D eigenvalue weighted by atomic mass is 16.5. The van der Waals surface area contributed by atoms with E-state index in [1.165, 1.54) is 0 Å². The summed E-state index contributed by atoms with van der Waals surface area (Å²) in [7, 11) is 0. The summed E-state index contributed by atoms with van der Waals surface area (Å²) in [6, 6.07) is 1.93. The number of nitrogens with one attached hydrogen (secondary N) is 1. The Kier molecular flexibility index (Phi) is 4.77. The molecule has 0 bridgehead atoms. The molecular formula is C14H24N4O2. The first-order valence-corrected chi connectivity index (χ1v) is 7.21. The fourth-order valence-corrected chi connectivity index (χ4v) is 2.32. The standard InChI is InChI=1S/C14H24N4O2/c1-4-15-11-8-13(17-12(16-11)9-20-5-2)18-7-6-14(3,19)10-18/h8,19H,4-7,9-10H2,1-3H3,(H,15,16,17). The fraction of sp³-hybridized carbons (Fsp3) is 0.714. The summed E-state index contributed by atoms with van der Waals surface area (Å²) >= 11 is 0. The topological polar surface area (TPSA) is 70.5 Å². The van der Waals surface area contributed by atoms with Crippen molar-refractivity contribution in [2.45, 2.75) is 39.4 Å². The summed E-state index contributed by atoms with van der Waals surface area (Å²) < 4.78 is 5.39. The van der Waals surface area contributed by atoms with Crippen molar-refractivity contribution >= 4 is 11.6 Å². The van der Waals surface area contributed by atoms with Crippen LogP contribution in [0.4, 0.5) is 11.6 Å². The van der Waals surface area contributed by atoms with E-state index in [9.17, 15) is 5.11 Å². The zero-order valence-electron chi connectivity index (χ0n) is 12.5. The smallest absolute Gasteiger partial charge is 0.158 e. The monoisotopic (exact) mass is 280 g/mol. The van der Waals surface area contributed by atoms with Crippen molar-refractivity contribution in [3.63, 3.8) is 0 Å². The molecule has 20 heavy (non-hydrogen) atoms. The second-order valence-electron chi connectivity index (χ2n) is 5.36. The Balaban J connectivity index is 2.20. The van der Waals surface area contributed by atoms with Crippen molar-refractivity contribution in [2.24, 2.45) is 0 Å². The van der Waals surface area contributed by atoms with Crippen LogP contribution in [0, 0.1) is 0 Å². The van der Waals surface area contributed by atoms with Crippen LogP contribution in [0.1, 0.15) is 33.0 Å². The van der Waals surface area contributed by atoms with Crippen LogP contribution in [0.5, 0.6) is 0 Å². The average Bonchev–Trinajstić information content (AvgIpc) is 2.77. The Morgan fingerprint density at radius 2 is 2.25 bits per heavy atom. The van der Waals surface area contributed by atoms with Crippen LogP contribution in [-0.4, -0.2) is 46.9 Å². The third kappa shape index (κ3) is 3.80. The molecule has 0 aromatic carbocycles. The Hall–Kier alpha value is -1.40. The lowest BCUT2D eigenvalue weighted by molar-refractivity contribution is 0.0839. The summed E-state index contributed by atoms with van der Waals surface area (Å²) in [4.78, 5) is 11.1. The lowest BCUT2D eigenvalue weighted by atomic mass is 10.1. The van der Waals surface area contributed by atoms with Gasteiger partial charge in [-0.15, -0.1) is 0 Å². The molecule has 0 saturated carbocycles. The second-order valence-corrected chi connectivity index (χ2v) is 5.36. The lowest BCUT2D eigenvalue weighted by Crippen LogP contribution is -2.30. The first-order valence-electron chi connectivity index (χ1n) is 7.21. The van der Waals surface area contributed by atoms with Gasteiger partial charge in [0.05, 0.1) is 5.60 Å². The molecular weight excluding hydrogens is 256 g/mol. The number of aliphatic hydroxyl groups is 1. The second kappa shape index (κ2) is 6.37. The van der Waals surface area contributed by atoms with Gasteiger partial charge in [-0.3, -0.25) is 0 Å². The number of ether oxygens (including phenoxy) is 1. The minimum atomic E-state index is -0.636. The van der Waals surface area contributed by atoms with Crippen LogP contribution in [0.2, 0.25) is 0 Å². The van der Waals surface area contributed by atoms with Crippen molar-refractivity contribution < 1.29 is 9.84 Å². The Bertz CT molecular complexity index is 451. The Labute approximate surface area is 120 Å². The van der Waals surface area contributed by atoms with Crippen LogP contribution in [0.15, 0.2) is 6.07 Å². The number of hydrogen-bond donors (Lipinski definition) is 2. The van der Waals surface area contributed by atoms with Gasteiger partial charge in [0.15, 0.2) is 5.82 Å². The number of hydrogen-bond acceptors (Lipinski definition) is 6. The molecule has 0 aliphatic carbocycles. The molecule has 1 aromatic rings. The van der Waals surface area contributed by atoms with E-state index in [2.05, 4.69) is 20.2 Å². The molecule has 1 aromatic heterocycles. The Morgan fingerprint density at radius 1 is 1.45 bits per heavy atom. The maximum Gasteiger partial charge on any atom is 0.158 e. The summed E-state index contributed by atoms with van der Waals surface area (Å²) in [6.45, 7) is 9.11. The van der Waals surface area contributed by atoms with E-state index in [1.807, 2.05) is 26.8 Å². The van der Waals surface area contributed by atoms with Gasteiger partial charge >= 0.3 is 0 Å². The molecule has 1 aliphatic rings. The minimum absolute atomic E-state index is 0.410. The predicted octanol–water partition coefficient (Wildman–Crippen LogP) is 1.41. The van der Waals surface area contributed by atoms with Gasteiger partial charge in [0.2, 0.25) is 0 Å². The molecule has 1 fully saturated rings. The maximum absolute atomic E-state index is 10.1. The largest absolute Gasteiger partial charge is 0.388 e. The Morgan fingerprint density at radius 3 is 2.85 bits per heavy atom. The van der Waals surface area contributed by atoms with Crippen molar-refractivity contribution in [3.05, 3.63) is 11.9 Å². The summed E-state index contributed by atoms with van der Waals surface area (Å²) in [6.07, 6.45) is 0.758. The van der Waals surface area contributed by atoms with Crippen molar-refractivity contribution in [3.8, 4) is 0 Å². The molecule has 2 N–H and O–H groups in total. The van der Waals surface area contributed by atoms with Gasteiger partial charge in [-0.1, -0.05) is 0 Å². The van der Waals surface area contributed by atoms with Gasteiger partial charge in [-0.25, -0.2) is 9.97 Å².